The summed E-state index contributed by atoms with van der Waals surface area (Å²) in [6, 6.07) is 10.7. The van der Waals surface area contributed by atoms with Crippen LogP contribution in [0.15, 0.2) is 36.4 Å². The van der Waals surface area contributed by atoms with Gasteiger partial charge in [-0.15, -0.1) is 0 Å². The Labute approximate surface area is 183 Å². The summed E-state index contributed by atoms with van der Waals surface area (Å²) in [6.07, 6.45) is -4.15. The fourth-order valence-corrected chi connectivity index (χ4v) is 4.60. The van der Waals surface area contributed by atoms with Gasteiger partial charge in [0.2, 0.25) is 5.79 Å². The zero-order valence-electron chi connectivity index (χ0n) is 16.5. The van der Waals surface area contributed by atoms with E-state index in [4.69, 9.17) is 30.5 Å². The van der Waals surface area contributed by atoms with Gasteiger partial charge in [-0.25, -0.2) is 0 Å². The van der Waals surface area contributed by atoms with Crippen molar-refractivity contribution in [1.82, 2.24) is 0 Å². The standard InChI is InChI=1S/C22H23ClO8/c23-15-3-2-14(22-20(27)18(25)19(26)21(10-24,31-22)11-30-22)9-13(15)7-12-1-4-16-17(8-12)29-6-5-28-16/h1-4,8-9,18-20,24-27H,5-7,10-11H2. The van der Waals surface area contributed by atoms with Crippen LogP contribution in [0.2, 0.25) is 5.02 Å². The second-order valence-electron chi connectivity index (χ2n) is 8.12. The topological polar surface area (TPSA) is 118 Å². The van der Waals surface area contributed by atoms with E-state index in [0.29, 0.717) is 41.7 Å². The van der Waals surface area contributed by atoms with Gasteiger partial charge < -0.3 is 39.4 Å². The number of hydrogen-bond donors (Lipinski definition) is 4. The molecule has 0 amide bonds. The highest BCUT2D eigenvalue weighted by molar-refractivity contribution is 6.31. The Balaban J connectivity index is 1.49. The number of aliphatic hydroxyl groups excluding tert-OH is 4. The lowest BCUT2D eigenvalue weighted by Gasteiger charge is -2.46. The van der Waals surface area contributed by atoms with Crippen LogP contribution >= 0.6 is 11.6 Å². The van der Waals surface area contributed by atoms with Crippen molar-refractivity contribution in [3.05, 3.63) is 58.1 Å². The third kappa shape index (κ3) is 3.22. The zero-order chi connectivity index (χ0) is 21.8. The molecule has 2 fully saturated rings. The third-order valence-corrected chi connectivity index (χ3v) is 6.55. The van der Waals surface area contributed by atoms with Gasteiger partial charge in [-0.1, -0.05) is 23.7 Å². The van der Waals surface area contributed by atoms with Crippen LogP contribution in [0, 0.1) is 0 Å². The van der Waals surface area contributed by atoms with E-state index in [1.165, 1.54) is 0 Å². The van der Waals surface area contributed by atoms with Crippen LogP contribution in [-0.4, -0.2) is 70.8 Å². The summed E-state index contributed by atoms with van der Waals surface area (Å²) in [4.78, 5) is 0. The minimum atomic E-state index is -1.73. The summed E-state index contributed by atoms with van der Waals surface area (Å²) < 4.78 is 22.9. The normalized spacial score (nSPS) is 34.0. The Kier molecular flexibility index (Phi) is 5.14. The first-order valence-electron chi connectivity index (χ1n) is 10.1. The molecule has 3 heterocycles. The zero-order valence-corrected chi connectivity index (χ0v) is 17.3. The van der Waals surface area contributed by atoms with Gasteiger partial charge in [0.15, 0.2) is 11.5 Å². The lowest BCUT2D eigenvalue weighted by molar-refractivity contribution is -0.329. The van der Waals surface area contributed by atoms with Crippen LogP contribution in [0.4, 0.5) is 0 Å². The molecule has 0 saturated carbocycles. The highest BCUT2D eigenvalue weighted by atomic mass is 35.5. The maximum atomic E-state index is 10.7. The number of halogens is 1. The molecule has 5 unspecified atom stereocenters. The van der Waals surface area contributed by atoms with E-state index in [0.717, 1.165) is 11.1 Å². The molecule has 3 aliphatic rings. The number of fused-ring (bicyclic) bond motifs is 3. The minimum absolute atomic E-state index is 0.182. The predicted molar refractivity (Wildman–Crippen MR) is 108 cm³/mol. The van der Waals surface area contributed by atoms with Gasteiger partial charge in [-0.2, -0.15) is 0 Å². The van der Waals surface area contributed by atoms with E-state index in [1.807, 2.05) is 18.2 Å². The van der Waals surface area contributed by atoms with E-state index in [-0.39, 0.29) is 6.61 Å². The molecule has 2 bridgehead atoms. The Hall–Kier alpha value is -1.91. The average molecular weight is 451 g/mol. The summed E-state index contributed by atoms with van der Waals surface area (Å²) in [5.74, 6) is -0.364. The van der Waals surface area contributed by atoms with Crippen molar-refractivity contribution in [2.75, 3.05) is 26.4 Å². The van der Waals surface area contributed by atoms with E-state index in [9.17, 15) is 20.4 Å². The summed E-state index contributed by atoms with van der Waals surface area (Å²) in [5.41, 5.74) is 0.595. The van der Waals surface area contributed by atoms with E-state index in [2.05, 4.69) is 0 Å². The van der Waals surface area contributed by atoms with Crippen LogP contribution in [0.1, 0.15) is 16.7 Å². The first kappa shape index (κ1) is 21.0. The first-order valence-corrected chi connectivity index (χ1v) is 10.4. The van der Waals surface area contributed by atoms with E-state index >= 15 is 0 Å². The van der Waals surface area contributed by atoms with E-state index in [1.54, 1.807) is 18.2 Å². The molecule has 2 saturated heterocycles. The summed E-state index contributed by atoms with van der Waals surface area (Å²) in [6.45, 7) is 0.249. The van der Waals surface area contributed by atoms with Crippen LogP contribution in [0.5, 0.6) is 11.5 Å². The molecule has 2 aromatic rings. The number of aliphatic hydroxyl groups is 4. The third-order valence-electron chi connectivity index (χ3n) is 6.18. The van der Waals surface area contributed by atoms with Gasteiger partial charge in [-0.3, -0.25) is 0 Å². The summed E-state index contributed by atoms with van der Waals surface area (Å²) >= 11 is 6.44. The van der Waals surface area contributed by atoms with Gasteiger partial charge in [0, 0.05) is 10.6 Å². The van der Waals surface area contributed by atoms with Crippen molar-refractivity contribution in [2.24, 2.45) is 0 Å². The van der Waals surface area contributed by atoms with Crippen molar-refractivity contribution < 1.29 is 39.4 Å². The lowest BCUT2D eigenvalue weighted by Crippen LogP contribution is -2.65. The predicted octanol–water partition coefficient (Wildman–Crippen LogP) is 0.729. The van der Waals surface area contributed by atoms with Gasteiger partial charge in [0.05, 0.1) is 13.2 Å². The summed E-state index contributed by atoms with van der Waals surface area (Å²) in [5, 5.41) is 41.7. The fraction of sp³-hybridized carbons (Fsp3) is 0.455. The number of rotatable bonds is 4. The molecule has 0 radical (unpaired) electrons. The van der Waals surface area contributed by atoms with Gasteiger partial charge in [-0.05, 0) is 41.8 Å². The Morgan fingerprint density at radius 1 is 0.968 bits per heavy atom. The largest absolute Gasteiger partial charge is 0.486 e. The lowest BCUT2D eigenvalue weighted by atomic mass is 9.83. The molecular formula is C22H23ClO8. The molecule has 9 heteroatoms. The SMILES string of the molecule is OCC12COC(c3ccc(Cl)c(Cc4ccc5c(c4)OCCO5)c3)(O1)C(O)C(O)C2O. The minimum Gasteiger partial charge on any atom is -0.486 e. The molecule has 2 aromatic carbocycles. The smallest absolute Gasteiger partial charge is 0.225 e. The van der Waals surface area contributed by atoms with Crippen LogP contribution < -0.4 is 9.47 Å². The number of hydrogen-bond acceptors (Lipinski definition) is 8. The van der Waals surface area contributed by atoms with Crippen molar-refractivity contribution >= 4 is 11.6 Å². The molecule has 31 heavy (non-hydrogen) atoms. The highest BCUT2D eigenvalue weighted by Crippen LogP contribution is 2.49. The molecule has 4 N–H and O–H groups in total. The quantitative estimate of drug-likeness (QED) is 0.538. The second-order valence-corrected chi connectivity index (χ2v) is 8.53. The van der Waals surface area contributed by atoms with Crippen LogP contribution in [0.25, 0.3) is 0 Å². The van der Waals surface area contributed by atoms with Crippen molar-refractivity contribution in [3.8, 4) is 11.5 Å². The van der Waals surface area contributed by atoms with Crippen LogP contribution in [-0.2, 0) is 21.7 Å². The molecule has 0 spiro atoms. The first-order chi connectivity index (χ1) is 14.9. The van der Waals surface area contributed by atoms with Gasteiger partial charge >= 0.3 is 0 Å². The van der Waals surface area contributed by atoms with Crippen molar-refractivity contribution in [1.29, 1.82) is 0 Å². The number of benzene rings is 2. The molecule has 5 rings (SSSR count). The summed E-state index contributed by atoms with van der Waals surface area (Å²) in [7, 11) is 0. The maximum Gasteiger partial charge on any atom is 0.225 e. The Morgan fingerprint density at radius 3 is 2.52 bits per heavy atom. The van der Waals surface area contributed by atoms with Gasteiger partial charge in [0.25, 0.3) is 0 Å². The molecule has 0 aromatic heterocycles. The Morgan fingerprint density at radius 2 is 1.74 bits per heavy atom. The highest BCUT2D eigenvalue weighted by Gasteiger charge is 2.67. The second kappa shape index (κ2) is 7.60. The molecule has 166 valence electrons. The molecule has 0 aliphatic carbocycles. The van der Waals surface area contributed by atoms with E-state index < -0.39 is 36.3 Å². The molecule has 5 atom stereocenters. The van der Waals surface area contributed by atoms with Crippen molar-refractivity contribution in [3.63, 3.8) is 0 Å². The number of ether oxygens (including phenoxy) is 4. The molecular weight excluding hydrogens is 428 g/mol. The van der Waals surface area contributed by atoms with Crippen LogP contribution in [0.3, 0.4) is 0 Å². The van der Waals surface area contributed by atoms with Crippen molar-refractivity contribution in [2.45, 2.75) is 36.1 Å². The monoisotopic (exact) mass is 450 g/mol. The molecule has 3 aliphatic heterocycles. The average Bonchev–Trinajstić information content (AvgIpc) is 3.18. The Bertz CT molecular complexity index is 999. The molecule has 8 nitrogen and oxygen atoms in total. The fourth-order valence-electron chi connectivity index (χ4n) is 4.42. The maximum absolute atomic E-state index is 10.7. The van der Waals surface area contributed by atoms with Gasteiger partial charge in [0.1, 0.15) is 37.1 Å².